The molecule has 0 saturated heterocycles. The molecule has 3 N–H and O–H groups in total. The van der Waals surface area contributed by atoms with Crippen LogP contribution >= 0.6 is 0 Å². The number of benzene rings is 1. The molecule has 0 bridgehead atoms. The van der Waals surface area contributed by atoms with E-state index in [0.29, 0.717) is 6.04 Å². The largest absolute Gasteiger partial charge is 0.383 e. The van der Waals surface area contributed by atoms with Crippen LogP contribution in [0.2, 0.25) is 0 Å². The van der Waals surface area contributed by atoms with Crippen molar-refractivity contribution in [1.29, 1.82) is 0 Å². The van der Waals surface area contributed by atoms with Gasteiger partial charge in [0.25, 0.3) is 0 Å². The fraction of sp³-hybridized carbons (Fsp3) is 0.600. The molecule has 0 fully saturated rings. The van der Waals surface area contributed by atoms with Crippen molar-refractivity contribution in [2.45, 2.75) is 31.7 Å². The highest BCUT2D eigenvalue weighted by atomic mass is 16.5. The molecule has 0 aromatic heterocycles. The minimum Gasteiger partial charge on any atom is -0.383 e. The van der Waals surface area contributed by atoms with E-state index < -0.39 is 0 Å². The molecule has 0 saturated carbocycles. The standard InChI is InChI=1S/C15H26N2O/c1-18-13-15(10-5-11-16)17-12-6-9-14-7-3-2-4-8-14/h2-4,7-8,15,17H,5-6,9-13,16H2,1H3. The Morgan fingerprint density at radius 1 is 1.22 bits per heavy atom. The zero-order valence-electron chi connectivity index (χ0n) is 11.4. The first kappa shape index (κ1) is 15.2. The van der Waals surface area contributed by atoms with Crippen molar-refractivity contribution in [3.05, 3.63) is 35.9 Å². The molecule has 1 aromatic carbocycles. The summed E-state index contributed by atoms with van der Waals surface area (Å²) in [7, 11) is 1.75. The number of rotatable bonds is 10. The topological polar surface area (TPSA) is 47.3 Å². The zero-order valence-corrected chi connectivity index (χ0v) is 11.4. The maximum Gasteiger partial charge on any atom is 0.0615 e. The first-order chi connectivity index (χ1) is 8.86. The second-order valence-corrected chi connectivity index (χ2v) is 4.63. The lowest BCUT2D eigenvalue weighted by Crippen LogP contribution is -2.34. The van der Waals surface area contributed by atoms with E-state index in [-0.39, 0.29) is 0 Å². The molecule has 1 aromatic rings. The van der Waals surface area contributed by atoms with Crippen molar-refractivity contribution >= 4 is 0 Å². The third kappa shape index (κ3) is 6.74. The summed E-state index contributed by atoms with van der Waals surface area (Å²) in [6, 6.07) is 11.1. The lowest BCUT2D eigenvalue weighted by atomic mass is 10.1. The molecule has 0 aliphatic heterocycles. The van der Waals surface area contributed by atoms with Crippen LogP contribution < -0.4 is 11.1 Å². The van der Waals surface area contributed by atoms with Crippen LogP contribution in [0.4, 0.5) is 0 Å². The average molecular weight is 250 g/mol. The summed E-state index contributed by atoms with van der Waals surface area (Å²) in [6.07, 6.45) is 4.44. The Balaban J connectivity index is 2.14. The van der Waals surface area contributed by atoms with Crippen LogP contribution in [0.25, 0.3) is 0 Å². The van der Waals surface area contributed by atoms with E-state index in [2.05, 4.69) is 35.6 Å². The number of methoxy groups -OCH3 is 1. The van der Waals surface area contributed by atoms with Crippen molar-refractivity contribution in [2.75, 3.05) is 26.8 Å². The van der Waals surface area contributed by atoms with Crippen molar-refractivity contribution in [3.63, 3.8) is 0 Å². The number of hydrogen-bond donors (Lipinski definition) is 2. The summed E-state index contributed by atoms with van der Waals surface area (Å²) >= 11 is 0. The lowest BCUT2D eigenvalue weighted by molar-refractivity contribution is 0.161. The van der Waals surface area contributed by atoms with Gasteiger partial charge in [0.1, 0.15) is 0 Å². The molecule has 0 heterocycles. The Morgan fingerprint density at radius 2 is 2.00 bits per heavy atom. The molecule has 1 unspecified atom stereocenters. The van der Waals surface area contributed by atoms with Crippen molar-refractivity contribution in [2.24, 2.45) is 5.73 Å². The van der Waals surface area contributed by atoms with Crippen LogP contribution in [0.5, 0.6) is 0 Å². The second kappa shape index (κ2) is 10.1. The van der Waals surface area contributed by atoms with E-state index in [9.17, 15) is 0 Å². The molecule has 1 atom stereocenters. The minimum atomic E-state index is 0.439. The van der Waals surface area contributed by atoms with Gasteiger partial charge in [-0.2, -0.15) is 0 Å². The molecule has 1 rings (SSSR count). The van der Waals surface area contributed by atoms with Crippen molar-refractivity contribution in [1.82, 2.24) is 5.32 Å². The van der Waals surface area contributed by atoms with E-state index in [1.165, 1.54) is 5.56 Å². The smallest absolute Gasteiger partial charge is 0.0615 e. The Bertz CT molecular complexity index is 290. The molecular weight excluding hydrogens is 224 g/mol. The van der Waals surface area contributed by atoms with Crippen molar-refractivity contribution in [3.8, 4) is 0 Å². The summed E-state index contributed by atoms with van der Waals surface area (Å²) in [4.78, 5) is 0. The number of hydrogen-bond acceptors (Lipinski definition) is 3. The molecular formula is C15H26N2O. The second-order valence-electron chi connectivity index (χ2n) is 4.63. The molecule has 3 nitrogen and oxygen atoms in total. The van der Waals surface area contributed by atoms with Crippen LogP contribution in [0.15, 0.2) is 30.3 Å². The highest BCUT2D eigenvalue weighted by molar-refractivity contribution is 5.14. The fourth-order valence-electron chi connectivity index (χ4n) is 2.05. The van der Waals surface area contributed by atoms with Crippen molar-refractivity contribution < 1.29 is 4.74 Å². The lowest BCUT2D eigenvalue weighted by Gasteiger charge is -2.17. The highest BCUT2D eigenvalue weighted by Crippen LogP contribution is 2.02. The van der Waals surface area contributed by atoms with Crippen LogP contribution in [0, 0.1) is 0 Å². The summed E-state index contributed by atoms with van der Waals surface area (Å²) in [5.41, 5.74) is 6.94. The quantitative estimate of drug-likeness (QED) is 0.624. The molecule has 0 amide bonds. The van der Waals surface area contributed by atoms with Gasteiger partial charge in [-0.25, -0.2) is 0 Å². The van der Waals surface area contributed by atoms with Crippen LogP contribution in [0.3, 0.4) is 0 Å². The molecule has 0 radical (unpaired) electrons. The summed E-state index contributed by atoms with van der Waals surface area (Å²) in [5, 5.41) is 3.55. The summed E-state index contributed by atoms with van der Waals surface area (Å²) in [5.74, 6) is 0. The third-order valence-electron chi connectivity index (χ3n) is 3.04. The normalized spacial score (nSPS) is 12.6. The summed E-state index contributed by atoms with van der Waals surface area (Å²) < 4.78 is 5.21. The van der Waals surface area contributed by atoms with E-state index in [4.69, 9.17) is 10.5 Å². The van der Waals surface area contributed by atoms with Gasteiger partial charge in [-0.1, -0.05) is 30.3 Å². The van der Waals surface area contributed by atoms with Gasteiger partial charge < -0.3 is 15.8 Å². The maximum absolute atomic E-state index is 5.54. The number of ether oxygens (including phenoxy) is 1. The molecule has 0 aliphatic rings. The predicted octanol–water partition coefficient (Wildman–Crippen LogP) is 1.96. The summed E-state index contributed by atoms with van der Waals surface area (Å²) in [6.45, 7) is 2.56. The van der Waals surface area contributed by atoms with Gasteiger partial charge in [0, 0.05) is 13.2 Å². The SMILES string of the molecule is COCC(CCCN)NCCCc1ccccc1. The monoisotopic (exact) mass is 250 g/mol. The highest BCUT2D eigenvalue weighted by Gasteiger charge is 2.06. The minimum absolute atomic E-state index is 0.439. The van der Waals surface area contributed by atoms with E-state index in [1.807, 2.05) is 0 Å². The average Bonchev–Trinajstić information content (AvgIpc) is 2.42. The van der Waals surface area contributed by atoms with Gasteiger partial charge in [0.05, 0.1) is 6.61 Å². The Kier molecular flexibility index (Phi) is 8.47. The van der Waals surface area contributed by atoms with E-state index in [1.54, 1.807) is 7.11 Å². The predicted molar refractivity (Wildman–Crippen MR) is 76.7 cm³/mol. The van der Waals surface area contributed by atoms with Gasteiger partial charge in [0.15, 0.2) is 0 Å². The van der Waals surface area contributed by atoms with Gasteiger partial charge in [0.2, 0.25) is 0 Å². The molecule has 102 valence electrons. The Morgan fingerprint density at radius 3 is 2.67 bits per heavy atom. The molecule has 0 aliphatic carbocycles. The number of nitrogens with one attached hydrogen (secondary N) is 1. The zero-order chi connectivity index (χ0) is 13.1. The van der Waals surface area contributed by atoms with E-state index >= 15 is 0 Å². The van der Waals surface area contributed by atoms with Crippen LogP contribution in [-0.4, -0.2) is 32.8 Å². The van der Waals surface area contributed by atoms with E-state index in [0.717, 1.165) is 45.4 Å². The molecule has 18 heavy (non-hydrogen) atoms. The number of nitrogens with two attached hydrogens (primary N) is 1. The van der Waals surface area contributed by atoms with Crippen LogP contribution in [-0.2, 0) is 11.2 Å². The maximum atomic E-state index is 5.54. The van der Waals surface area contributed by atoms with Gasteiger partial charge >= 0.3 is 0 Å². The van der Waals surface area contributed by atoms with Gasteiger partial charge in [-0.3, -0.25) is 0 Å². The Labute approximate surface area is 111 Å². The Hall–Kier alpha value is -0.900. The fourth-order valence-corrected chi connectivity index (χ4v) is 2.05. The molecule has 0 spiro atoms. The van der Waals surface area contributed by atoms with Crippen LogP contribution in [0.1, 0.15) is 24.8 Å². The third-order valence-corrected chi connectivity index (χ3v) is 3.04. The molecule has 3 heteroatoms. The van der Waals surface area contributed by atoms with Gasteiger partial charge in [-0.05, 0) is 44.3 Å². The van der Waals surface area contributed by atoms with Gasteiger partial charge in [-0.15, -0.1) is 0 Å². The first-order valence-electron chi connectivity index (χ1n) is 6.83. The number of aryl methyl sites for hydroxylation is 1. The first-order valence-corrected chi connectivity index (χ1v) is 6.83.